The van der Waals surface area contributed by atoms with Crippen LogP contribution >= 0.6 is 11.3 Å². The Kier molecular flexibility index (Phi) is 6.77. The summed E-state index contributed by atoms with van der Waals surface area (Å²) in [5.41, 5.74) is 1.12. The second kappa shape index (κ2) is 9.99. The van der Waals surface area contributed by atoms with Crippen LogP contribution in [0, 0.1) is 0 Å². The zero-order chi connectivity index (χ0) is 25.3. The van der Waals surface area contributed by atoms with Crippen LogP contribution in [0.25, 0.3) is 21.2 Å². The quantitative estimate of drug-likeness (QED) is 0.194. The molecule has 0 amide bonds. The Morgan fingerprint density at radius 3 is 2.53 bits per heavy atom. The van der Waals surface area contributed by atoms with Gasteiger partial charge in [-0.25, -0.2) is 8.78 Å². The zero-order valence-corrected chi connectivity index (χ0v) is 20.8. The number of likely N-dealkylation sites (tertiary alicyclic amines) is 1. The van der Waals surface area contributed by atoms with E-state index in [1.54, 1.807) is 24.3 Å². The fraction of sp³-hybridized carbons (Fsp3) is 0.276. The minimum Gasteiger partial charge on any atom is -0.508 e. The summed E-state index contributed by atoms with van der Waals surface area (Å²) in [5, 5.41) is 10.8. The molecule has 1 fully saturated rings. The number of nitrogens with zero attached hydrogens (tertiary/aromatic N) is 1. The van der Waals surface area contributed by atoms with Crippen molar-refractivity contribution in [2.75, 3.05) is 26.2 Å². The summed E-state index contributed by atoms with van der Waals surface area (Å²) < 4.78 is 35.2. The predicted molar refractivity (Wildman–Crippen MR) is 140 cm³/mol. The smallest absolute Gasteiger partial charge is 0.271 e. The molecule has 186 valence electrons. The molecule has 7 heteroatoms. The summed E-state index contributed by atoms with van der Waals surface area (Å²) in [7, 11) is 0. The summed E-state index contributed by atoms with van der Waals surface area (Å²) in [6, 6.07) is 18.3. The number of phenolic OH excluding ortho intramolecular Hbond substituents is 1. The Morgan fingerprint density at radius 2 is 1.83 bits per heavy atom. The third-order valence-electron chi connectivity index (χ3n) is 6.50. The number of alkyl halides is 2. The Labute approximate surface area is 212 Å². The van der Waals surface area contributed by atoms with E-state index in [0.29, 0.717) is 21.7 Å². The van der Waals surface area contributed by atoms with E-state index in [1.807, 2.05) is 24.3 Å². The van der Waals surface area contributed by atoms with Gasteiger partial charge in [-0.2, -0.15) is 0 Å². The van der Waals surface area contributed by atoms with Crippen molar-refractivity contribution in [3.05, 3.63) is 82.7 Å². The standard InChI is InChI=1S/C29H27F2NO3S/c1-29(30,31)24-7-3-2-6-22(24)27(34)28-26(23-13-10-20(33)18-25(23)36-28)19-8-11-21(12-9-19)35-17-5-16-32-14-4-15-32/h2-3,6-13,18,33H,4-5,14-17H2,1H3. The Morgan fingerprint density at radius 1 is 1.08 bits per heavy atom. The molecule has 1 N–H and O–H groups in total. The van der Waals surface area contributed by atoms with E-state index in [1.165, 1.54) is 49.0 Å². The van der Waals surface area contributed by atoms with Gasteiger partial charge in [-0.1, -0.05) is 36.4 Å². The van der Waals surface area contributed by atoms with Crippen molar-refractivity contribution in [2.24, 2.45) is 0 Å². The van der Waals surface area contributed by atoms with Gasteiger partial charge in [-0.15, -0.1) is 11.3 Å². The maximum atomic E-state index is 14.3. The average Bonchev–Trinajstić information content (AvgIpc) is 3.20. The number of phenols is 1. The molecule has 5 rings (SSSR count). The number of aromatic hydroxyl groups is 1. The molecule has 1 aliphatic heterocycles. The number of hydrogen-bond donors (Lipinski definition) is 1. The van der Waals surface area contributed by atoms with E-state index >= 15 is 0 Å². The number of hydrogen-bond acceptors (Lipinski definition) is 5. The molecule has 1 aliphatic rings. The number of benzene rings is 3. The molecule has 3 aromatic carbocycles. The van der Waals surface area contributed by atoms with Gasteiger partial charge >= 0.3 is 0 Å². The van der Waals surface area contributed by atoms with Crippen molar-refractivity contribution in [3.63, 3.8) is 0 Å². The number of fused-ring (bicyclic) bond motifs is 1. The first-order chi connectivity index (χ1) is 17.3. The highest BCUT2D eigenvalue weighted by Gasteiger charge is 2.31. The molecule has 0 atom stereocenters. The number of carbonyl (C=O) groups is 1. The lowest BCUT2D eigenvalue weighted by molar-refractivity contribution is 0.0165. The van der Waals surface area contributed by atoms with Crippen molar-refractivity contribution >= 4 is 27.2 Å². The molecule has 0 unspecified atom stereocenters. The average molecular weight is 508 g/mol. The normalized spacial score (nSPS) is 14.1. The van der Waals surface area contributed by atoms with Crippen LogP contribution in [-0.4, -0.2) is 42.0 Å². The zero-order valence-electron chi connectivity index (χ0n) is 20.0. The highest BCUT2D eigenvalue weighted by molar-refractivity contribution is 7.21. The fourth-order valence-electron chi connectivity index (χ4n) is 4.52. The van der Waals surface area contributed by atoms with Crippen LogP contribution in [0.2, 0.25) is 0 Å². The molecule has 0 bridgehead atoms. The summed E-state index contributed by atoms with van der Waals surface area (Å²) in [6.07, 6.45) is 2.23. The van der Waals surface area contributed by atoms with E-state index in [4.69, 9.17) is 4.74 Å². The van der Waals surface area contributed by atoms with Crippen molar-refractivity contribution in [1.29, 1.82) is 0 Å². The van der Waals surface area contributed by atoms with Crippen LogP contribution in [0.1, 0.15) is 40.6 Å². The largest absolute Gasteiger partial charge is 0.508 e. The number of thiophene rings is 1. The van der Waals surface area contributed by atoms with E-state index in [2.05, 4.69) is 4.90 Å². The number of ether oxygens (including phenoxy) is 1. The van der Waals surface area contributed by atoms with Crippen molar-refractivity contribution in [2.45, 2.75) is 25.7 Å². The molecule has 2 heterocycles. The van der Waals surface area contributed by atoms with E-state index in [9.17, 15) is 18.7 Å². The highest BCUT2D eigenvalue weighted by atomic mass is 32.1. The van der Waals surface area contributed by atoms with Gasteiger partial charge in [0.05, 0.1) is 11.5 Å². The monoisotopic (exact) mass is 507 g/mol. The predicted octanol–water partition coefficient (Wildman–Crippen LogP) is 7.09. The lowest BCUT2D eigenvalue weighted by atomic mass is 9.94. The van der Waals surface area contributed by atoms with Gasteiger partial charge in [0.25, 0.3) is 5.92 Å². The summed E-state index contributed by atoms with van der Waals surface area (Å²) >= 11 is 1.20. The first-order valence-electron chi connectivity index (χ1n) is 12.0. The number of rotatable bonds is 9. The molecule has 4 aromatic rings. The van der Waals surface area contributed by atoms with Crippen LogP contribution < -0.4 is 4.74 Å². The van der Waals surface area contributed by atoms with E-state index < -0.39 is 11.7 Å². The minimum absolute atomic E-state index is 0.0239. The molecule has 0 radical (unpaired) electrons. The molecular formula is C29H27F2NO3S. The molecular weight excluding hydrogens is 480 g/mol. The lowest BCUT2D eigenvalue weighted by Crippen LogP contribution is -2.38. The second-order valence-electron chi connectivity index (χ2n) is 9.17. The van der Waals surface area contributed by atoms with E-state index in [-0.39, 0.29) is 16.9 Å². The number of carbonyl (C=O) groups excluding carboxylic acids is 1. The number of halogens is 2. The highest BCUT2D eigenvalue weighted by Crippen LogP contribution is 2.42. The summed E-state index contributed by atoms with van der Waals surface area (Å²) in [5.74, 6) is -2.80. The van der Waals surface area contributed by atoms with Gasteiger partial charge in [0.1, 0.15) is 11.5 Å². The van der Waals surface area contributed by atoms with Crippen molar-refractivity contribution in [1.82, 2.24) is 4.90 Å². The van der Waals surface area contributed by atoms with Gasteiger partial charge < -0.3 is 14.7 Å². The molecule has 0 saturated carbocycles. The van der Waals surface area contributed by atoms with Crippen molar-refractivity contribution in [3.8, 4) is 22.6 Å². The Hall–Kier alpha value is -3.29. The first kappa shape index (κ1) is 24.4. The summed E-state index contributed by atoms with van der Waals surface area (Å²) in [4.78, 5) is 16.4. The van der Waals surface area contributed by atoms with Gasteiger partial charge in [0.2, 0.25) is 5.78 Å². The molecule has 4 nitrogen and oxygen atoms in total. The molecule has 0 aliphatic carbocycles. The summed E-state index contributed by atoms with van der Waals surface area (Å²) in [6.45, 7) is 4.80. The van der Waals surface area contributed by atoms with Crippen LogP contribution in [-0.2, 0) is 5.92 Å². The SMILES string of the molecule is CC(F)(F)c1ccccc1C(=O)c1sc2cc(O)ccc2c1-c1ccc(OCCCN2CCC2)cc1. The Bertz CT molecular complexity index is 1390. The van der Waals surface area contributed by atoms with E-state index in [0.717, 1.165) is 36.6 Å². The van der Waals surface area contributed by atoms with Crippen LogP contribution in [0.5, 0.6) is 11.5 Å². The van der Waals surface area contributed by atoms with Crippen LogP contribution in [0.4, 0.5) is 8.78 Å². The third-order valence-corrected chi connectivity index (χ3v) is 7.65. The van der Waals surface area contributed by atoms with Gasteiger partial charge in [-0.3, -0.25) is 4.79 Å². The van der Waals surface area contributed by atoms with Crippen LogP contribution in [0.3, 0.4) is 0 Å². The first-order valence-corrected chi connectivity index (χ1v) is 12.9. The molecule has 36 heavy (non-hydrogen) atoms. The molecule has 1 saturated heterocycles. The maximum absolute atomic E-state index is 14.3. The molecule has 1 aromatic heterocycles. The van der Waals surface area contributed by atoms with Gasteiger partial charge in [0, 0.05) is 40.2 Å². The maximum Gasteiger partial charge on any atom is 0.271 e. The minimum atomic E-state index is -3.16. The molecule has 0 spiro atoms. The van der Waals surface area contributed by atoms with Crippen molar-refractivity contribution < 1.29 is 23.4 Å². The van der Waals surface area contributed by atoms with Crippen LogP contribution in [0.15, 0.2) is 66.7 Å². The number of ketones is 1. The fourth-order valence-corrected chi connectivity index (χ4v) is 5.73. The van der Waals surface area contributed by atoms with Gasteiger partial charge in [0.15, 0.2) is 0 Å². The lowest BCUT2D eigenvalue weighted by Gasteiger charge is -2.30. The van der Waals surface area contributed by atoms with Gasteiger partial charge in [-0.05, 0) is 61.8 Å². The third kappa shape index (κ3) is 4.99. The second-order valence-corrected chi connectivity index (χ2v) is 10.2. The Balaban J connectivity index is 1.48. The topological polar surface area (TPSA) is 49.8 Å².